The van der Waals surface area contributed by atoms with Gasteiger partial charge in [-0.1, -0.05) is 54.6 Å². The summed E-state index contributed by atoms with van der Waals surface area (Å²) in [4.78, 5) is 4.61. The zero-order chi connectivity index (χ0) is 24.1. The highest BCUT2D eigenvalue weighted by Gasteiger charge is 2.20. The minimum atomic E-state index is -0.873. The van der Waals surface area contributed by atoms with Crippen molar-refractivity contribution in [2.45, 2.75) is 38.7 Å². The van der Waals surface area contributed by atoms with Crippen molar-refractivity contribution in [2.75, 3.05) is 0 Å². The molecule has 0 fully saturated rings. The van der Waals surface area contributed by atoms with Crippen molar-refractivity contribution >= 4 is 21.8 Å². The third-order valence-corrected chi connectivity index (χ3v) is 6.48. The minimum Gasteiger partial charge on any atom is -0.386 e. The van der Waals surface area contributed by atoms with Crippen LogP contribution < -0.4 is 0 Å². The summed E-state index contributed by atoms with van der Waals surface area (Å²) in [6.45, 7) is 7.41. The highest BCUT2D eigenvalue weighted by atomic mass is 16.3. The van der Waals surface area contributed by atoms with Crippen LogP contribution in [0.15, 0.2) is 72.9 Å². The number of H-pyrrole nitrogens is 1. The topological polar surface area (TPSA) is 85.6 Å². The number of nitrogens with zero attached hydrogens (tertiary/aromatic N) is 3. The summed E-state index contributed by atoms with van der Waals surface area (Å²) in [5.41, 5.74) is 6.19. The van der Waals surface area contributed by atoms with Crippen LogP contribution in [0.1, 0.15) is 38.8 Å². The molecule has 2 aromatic heterocycles. The van der Waals surface area contributed by atoms with Crippen molar-refractivity contribution < 1.29 is 5.11 Å². The van der Waals surface area contributed by atoms with E-state index in [4.69, 9.17) is 0 Å². The van der Waals surface area contributed by atoms with E-state index in [1.165, 1.54) is 0 Å². The summed E-state index contributed by atoms with van der Waals surface area (Å²) in [6, 6.07) is 24.6. The van der Waals surface area contributed by atoms with E-state index >= 15 is 0 Å². The number of rotatable bonds is 4. The summed E-state index contributed by atoms with van der Waals surface area (Å²) < 4.78 is 0. The van der Waals surface area contributed by atoms with Crippen LogP contribution in [0.2, 0.25) is 0 Å². The maximum absolute atomic E-state index is 10.3. The van der Waals surface area contributed by atoms with E-state index < -0.39 is 11.0 Å². The third-order valence-electron chi connectivity index (χ3n) is 6.48. The smallest absolute Gasteiger partial charge is 0.101 e. The molecule has 0 atom stereocenters. The quantitative estimate of drug-likeness (QED) is 0.331. The van der Waals surface area contributed by atoms with E-state index in [-0.39, 0.29) is 0 Å². The molecule has 3 aromatic carbocycles. The van der Waals surface area contributed by atoms with Crippen molar-refractivity contribution in [3.05, 3.63) is 84.1 Å². The first-order valence-electron chi connectivity index (χ1n) is 11.3. The van der Waals surface area contributed by atoms with Crippen LogP contribution in [-0.2, 0) is 11.0 Å². The second-order valence-corrected chi connectivity index (χ2v) is 9.80. The molecule has 2 heterocycles. The van der Waals surface area contributed by atoms with Crippen molar-refractivity contribution in [2.24, 2.45) is 0 Å². The minimum absolute atomic E-state index is 0.543. The Labute approximate surface area is 198 Å². The van der Waals surface area contributed by atoms with Gasteiger partial charge in [-0.25, -0.2) is 0 Å². The van der Waals surface area contributed by atoms with Crippen LogP contribution in [0.5, 0.6) is 0 Å². The van der Waals surface area contributed by atoms with E-state index in [1.807, 2.05) is 74.6 Å². The average molecular weight is 447 g/mol. The molecule has 5 aromatic rings. The predicted octanol–water partition coefficient (Wildman–Crippen LogP) is 6.47. The molecule has 0 aliphatic heterocycles. The Hall–Kier alpha value is -4.01. The predicted molar refractivity (Wildman–Crippen MR) is 136 cm³/mol. The number of nitriles is 1. The van der Waals surface area contributed by atoms with Crippen LogP contribution >= 0.6 is 0 Å². The number of nitrogens with one attached hydrogen (secondary N) is 1. The number of pyridine rings is 1. The molecular weight excluding hydrogens is 420 g/mol. The van der Waals surface area contributed by atoms with Crippen LogP contribution in [-0.4, -0.2) is 20.3 Å². The maximum Gasteiger partial charge on any atom is 0.101 e. The average Bonchev–Trinajstić information content (AvgIpc) is 3.28. The Morgan fingerprint density at radius 1 is 0.824 bits per heavy atom. The first kappa shape index (κ1) is 21.8. The van der Waals surface area contributed by atoms with Crippen molar-refractivity contribution in [1.29, 1.82) is 5.26 Å². The summed E-state index contributed by atoms with van der Waals surface area (Å²) in [5, 5.41) is 29.5. The van der Waals surface area contributed by atoms with Gasteiger partial charge in [0.05, 0.1) is 34.3 Å². The normalized spacial score (nSPS) is 12.2. The Kier molecular flexibility index (Phi) is 5.00. The number of hydrogen-bond donors (Lipinski definition) is 2. The zero-order valence-corrected chi connectivity index (χ0v) is 19.7. The van der Waals surface area contributed by atoms with E-state index in [1.54, 1.807) is 13.8 Å². The van der Waals surface area contributed by atoms with Crippen LogP contribution in [0.3, 0.4) is 0 Å². The van der Waals surface area contributed by atoms with Gasteiger partial charge in [-0.15, -0.1) is 0 Å². The Bertz CT molecular complexity index is 1550. The summed E-state index contributed by atoms with van der Waals surface area (Å²) in [6.07, 6.45) is 1.82. The van der Waals surface area contributed by atoms with Gasteiger partial charge in [-0.2, -0.15) is 10.4 Å². The number of hydrogen-bond acceptors (Lipinski definition) is 4. The fourth-order valence-electron chi connectivity index (χ4n) is 4.27. The highest BCUT2D eigenvalue weighted by molar-refractivity contribution is 6.11. The van der Waals surface area contributed by atoms with Gasteiger partial charge >= 0.3 is 0 Å². The lowest BCUT2D eigenvalue weighted by Crippen LogP contribution is -2.14. The number of aromatic nitrogens is 3. The lowest BCUT2D eigenvalue weighted by Gasteiger charge is -2.18. The lowest BCUT2D eigenvalue weighted by molar-refractivity contribution is 0.0786. The molecule has 0 bridgehead atoms. The monoisotopic (exact) mass is 446 g/mol. The Balaban J connectivity index is 1.63. The fraction of sp³-hybridized carbons (Fsp3) is 0.207. The summed E-state index contributed by atoms with van der Waals surface area (Å²) in [5.74, 6) is 0. The molecule has 168 valence electrons. The molecule has 34 heavy (non-hydrogen) atoms. The van der Waals surface area contributed by atoms with Gasteiger partial charge in [0.25, 0.3) is 0 Å². The van der Waals surface area contributed by atoms with Crippen LogP contribution in [0, 0.1) is 11.3 Å². The summed E-state index contributed by atoms with van der Waals surface area (Å²) >= 11 is 0. The van der Waals surface area contributed by atoms with Gasteiger partial charge in [0, 0.05) is 16.3 Å². The molecule has 0 saturated carbocycles. The van der Waals surface area contributed by atoms with E-state index in [0.717, 1.165) is 55.3 Å². The lowest BCUT2D eigenvalue weighted by atomic mass is 9.86. The van der Waals surface area contributed by atoms with E-state index in [2.05, 4.69) is 33.4 Å². The molecule has 5 heteroatoms. The maximum atomic E-state index is 10.3. The van der Waals surface area contributed by atoms with Crippen molar-refractivity contribution in [3.63, 3.8) is 0 Å². The summed E-state index contributed by atoms with van der Waals surface area (Å²) in [7, 11) is 0. The molecule has 0 unspecified atom stereocenters. The van der Waals surface area contributed by atoms with Crippen molar-refractivity contribution in [3.8, 4) is 28.5 Å². The van der Waals surface area contributed by atoms with Crippen LogP contribution in [0.4, 0.5) is 0 Å². The van der Waals surface area contributed by atoms with E-state index in [0.29, 0.717) is 0 Å². The molecule has 5 nitrogen and oxygen atoms in total. The largest absolute Gasteiger partial charge is 0.386 e. The standard InChI is InChI=1S/C29H26N4O/c1-28(2,17-30)21-10-7-19(8-11-21)27-26-23-15-20(9-14-24(23)31-16-25(26)32-33-27)18-5-12-22(13-6-18)29(3,4)34/h5-16,34H,1-4H3,(H,32,33). The first-order valence-corrected chi connectivity index (χ1v) is 11.3. The van der Waals surface area contributed by atoms with Gasteiger partial charge < -0.3 is 5.11 Å². The molecular formula is C29H26N4O. The second kappa shape index (κ2) is 7.79. The zero-order valence-electron chi connectivity index (χ0n) is 19.7. The van der Waals surface area contributed by atoms with Gasteiger partial charge in [0.2, 0.25) is 0 Å². The molecule has 0 saturated heterocycles. The fourth-order valence-corrected chi connectivity index (χ4v) is 4.27. The number of fused-ring (bicyclic) bond motifs is 3. The Morgan fingerprint density at radius 2 is 1.44 bits per heavy atom. The van der Waals surface area contributed by atoms with Crippen molar-refractivity contribution in [1.82, 2.24) is 15.2 Å². The van der Waals surface area contributed by atoms with E-state index in [9.17, 15) is 10.4 Å². The number of benzene rings is 3. The molecule has 0 aliphatic carbocycles. The third kappa shape index (κ3) is 3.72. The van der Waals surface area contributed by atoms with Gasteiger partial charge in [0.1, 0.15) is 5.69 Å². The first-order chi connectivity index (χ1) is 16.2. The van der Waals surface area contributed by atoms with Crippen LogP contribution in [0.25, 0.3) is 44.2 Å². The second-order valence-electron chi connectivity index (χ2n) is 9.80. The van der Waals surface area contributed by atoms with Gasteiger partial charge in [-0.3, -0.25) is 10.1 Å². The molecule has 0 radical (unpaired) electrons. The molecule has 2 N–H and O–H groups in total. The highest BCUT2D eigenvalue weighted by Crippen LogP contribution is 2.35. The van der Waals surface area contributed by atoms with Gasteiger partial charge in [0.15, 0.2) is 0 Å². The molecule has 5 rings (SSSR count). The molecule has 0 spiro atoms. The van der Waals surface area contributed by atoms with Gasteiger partial charge in [-0.05, 0) is 62.1 Å². The number of aliphatic hydroxyl groups is 1. The molecule has 0 aliphatic rings. The number of aromatic amines is 1. The molecule has 0 amide bonds. The SMILES string of the molecule is CC(C)(O)c1ccc(-c2ccc3ncc4[nH]nc(-c5ccc(C(C)(C)C#N)cc5)c4c3c2)cc1. The Morgan fingerprint density at radius 3 is 2.09 bits per heavy atom.